The van der Waals surface area contributed by atoms with Gasteiger partial charge in [-0.15, -0.1) is 0 Å². The monoisotopic (exact) mass is 389 g/mol. The first-order valence-electron chi connectivity index (χ1n) is 9.43. The van der Waals surface area contributed by atoms with Gasteiger partial charge in [-0.2, -0.15) is 0 Å². The molecule has 0 aliphatic rings. The Hall–Kier alpha value is -3.28. The quantitative estimate of drug-likeness (QED) is 0.305. The van der Waals surface area contributed by atoms with Crippen LogP contribution in [0, 0.1) is 10.1 Å². The van der Waals surface area contributed by atoms with Crippen molar-refractivity contribution in [1.82, 2.24) is 0 Å². The molecule has 0 radical (unpaired) electrons. The van der Waals surface area contributed by atoms with Crippen molar-refractivity contribution >= 4 is 11.8 Å². The molecule has 148 valence electrons. The molecule has 29 heavy (non-hydrogen) atoms. The van der Waals surface area contributed by atoms with Crippen LogP contribution in [0.4, 0.5) is 5.69 Å². The zero-order chi connectivity index (χ0) is 20.5. The first-order valence-corrected chi connectivity index (χ1v) is 9.43. The summed E-state index contributed by atoms with van der Waals surface area (Å²) in [6.45, 7) is 0.963. The molecule has 3 aromatic rings. The van der Waals surface area contributed by atoms with Gasteiger partial charge in [0.25, 0.3) is 5.69 Å². The van der Waals surface area contributed by atoms with Crippen molar-refractivity contribution < 1.29 is 14.8 Å². The Balaban J connectivity index is 1.72. The molecular formula is C24H23NO4. The minimum atomic E-state index is -0.865. The second kappa shape index (κ2) is 10.3. The molecule has 3 rings (SSSR count). The van der Waals surface area contributed by atoms with E-state index in [-0.39, 0.29) is 5.69 Å². The van der Waals surface area contributed by atoms with Gasteiger partial charge in [0.05, 0.1) is 18.1 Å². The molecule has 0 bridgehead atoms. The summed E-state index contributed by atoms with van der Waals surface area (Å²) < 4.78 is 5.78. The van der Waals surface area contributed by atoms with Crippen LogP contribution in [0.5, 0.6) is 0 Å². The van der Waals surface area contributed by atoms with E-state index in [1.165, 1.54) is 12.1 Å². The molecule has 0 amide bonds. The number of nitro groups is 1. The maximum absolute atomic E-state index is 10.9. The number of rotatable bonds is 9. The van der Waals surface area contributed by atoms with Gasteiger partial charge in [-0.25, -0.2) is 0 Å². The normalized spacial score (nSPS) is 12.5. The minimum Gasteiger partial charge on any atom is -0.384 e. The third-order valence-electron chi connectivity index (χ3n) is 4.57. The second-order valence-electron chi connectivity index (χ2n) is 6.67. The van der Waals surface area contributed by atoms with Gasteiger partial charge < -0.3 is 9.84 Å². The molecule has 1 unspecified atom stereocenters. The molecule has 3 aromatic carbocycles. The van der Waals surface area contributed by atoms with E-state index in [1.54, 1.807) is 12.1 Å². The molecule has 0 aromatic heterocycles. The first-order chi connectivity index (χ1) is 14.1. The lowest BCUT2D eigenvalue weighted by atomic mass is 9.97. The molecule has 0 saturated carbocycles. The van der Waals surface area contributed by atoms with Crippen LogP contribution in [-0.4, -0.2) is 16.6 Å². The maximum atomic E-state index is 10.9. The Bertz CT molecular complexity index is 938. The van der Waals surface area contributed by atoms with Crippen LogP contribution in [0.3, 0.4) is 0 Å². The Labute approximate surface area is 170 Å². The number of aliphatic hydroxyl groups excluding tert-OH is 1. The van der Waals surface area contributed by atoms with Gasteiger partial charge in [-0.3, -0.25) is 10.1 Å². The fourth-order valence-corrected chi connectivity index (χ4v) is 3.00. The summed E-state index contributed by atoms with van der Waals surface area (Å²) in [4.78, 5) is 10.4. The standard InChI is InChI=1S/C24H23NO4/c26-24(21-11-13-23(14-12-21)25(27)28)22(17-19-7-3-1-4-8-19)15-16-29-18-20-9-5-2-6-10-20/h1-14,17,24,26H,15-16,18H2/b22-17+. The Morgan fingerprint density at radius 2 is 1.59 bits per heavy atom. The van der Waals surface area contributed by atoms with E-state index < -0.39 is 11.0 Å². The Morgan fingerprint density at radius 1 is 0.966 bits per heavy atom. The number of ether oxygens (including phenoxy) is 1. The fourth-order valence-electron chi connectivity index (χ4n) is 3.00. The average Bonchev–Trinajstić information content (AvgIpc) is 2.77. The molecule has 0 fully saturated rings. The summed E-state index contributed by atoms with van der Waals surface area (Å²) >= 11 is 0. The van der Waals surface area contributed by atoms with Gasteiger partial charge in [0, 0.05) is 12.1 Å². The van der Waals surface area contributed by atoms with Crippen LogP contribution in [0.25, 0.3) is 6.08 Å². The molecule has 0 spiro atoms. The van der Waals surface area contributed by atoms with Crippen LogP contribution >= 0.6 is 0 Å². The molecular weight excluding hydrogens is 366 g/mol. The predicted octanol–water partition coefficient (Wildman–Crippen LogP) is 5.32. The number of nitro benzene ring substituents is 1. The molecule has 0 aliphatic heterocycles. The topological polar surface area (TPSA) is 72.6 Å². The summed E-state index contributed by atoms with van der Waals surface area (Å²) in [5.74, 6) is 0. The second-order valence-corrected chi connectivity index (χ2v) is 6.67. The van der Waals surface area contributed by atoms with E-state index in [1.807, 2.05) is 66.7 Å². The highest BCUT2D eigenvalue weighted by Crippen LogP contribution is 2.28. The van der Waals surface area contributed by atoms with Crippen LogP contribution < -0.4 is 0 Å². The fraction of sp³-hybridized carbons (Fsp3) is 0.167. The highest BCUT2D eigenvalue weighted by Gasteiger charge is 2.15. The van der Waals surface area contributed by atoms with E-state index >= 15 is 0 Å². The zero-order valence-electron chi connectivity index (χ0n) is 16.0. The third kappa shape index (κ3) is 6.10. The lowest BCUT2D eigenvalue weighted by Crippen LogP contribution is -2.06. The number of aliphatic hydroxyl groups is 1. The molecule has 0 aliphatic carbocycles. The van der Waals surface area contributed by atoms with Gasteiger partial charge in [0.1, 0.15) is 6.10 Å². The van der Waals surface area contributed by atoms with Gasteiger partial charge >= 0.3 is 0 Å². The highest BCUT2D eigenvalue weighted by atomic mass is 16.6. The number of nitrogens with zero attached hydrogens (tertiary/aromatic N) is 1. The van der Waals surface area contributed by atoms with E-state index in [0.717, 1.165) is 16.7 Å². The number of benzene rings is 3. The number of hydrogen-bond donors (Lipinski definition) is 1. The molecule has 1 atom stereocenters. The maximum Gasteiger partial charge on any atom is 0.269 e. The molecule has 5 heteroatoms. The average molecular weight is 389 g/mol. The van der Waals surface area contributed by atoms with Gasteiger partial charge in [-0.05, 0) is 40.8 Å². The van der Waals surface area contributed by atoms with Gasteiger partial charge in [0.15, 0.2) is 0 Å². The van der Waals surface area contributed by atoms with Gasteiger partial charge in [-0.1, -0.05) is 66.7 Å². The Morgan fingerprint density at radius 3 is 2.21 bits per heavy atom. The van der Waals surface area contributed by atoms with Crippen molar-refractivity contribution in [1.29, 1.82) is 0 Å². The molecule has 5 nitrogen and oxygen atoms in total. The lowest BCUT2D eigenvalue weighted by Gasteiger charge is -2.16. The Kier molecular flexibility index (Phi) is 7.28. The van der Waals surface area contributed by atoms with Crippen molar-refractivity contribution in [3.8, 4) is 0 Å². The van der Waals surface area contributed by atoms with Crippen molar-refractivity contribution in [3.05, 3.63) is 117 Å². The van der Waals surface area contributed by atoms with E-state index in [0.29, 0.717) is 25.2 Å². The lowest BCUT2D eigenvalue weighted by molar-refractivity contribution is -0.384. The number of hydrogen-bond acceptors (Lipinski definition) is 4. The predicted molar refractivity (Wildman–Crippen MR) is 113 cm³/mol. The van der Waals surface area contributed by atoms with Crippen molar-refractivity contribution in [2.24, 2.45) is 0 Å². The van der Waals surface area contributed by atoms with Crippen LogP contribution in [-0.2, 0) is 11.3 Å². The molecule has 0 saturated heterocycles. The van der Waals surface area contributed by atoms with E-state index in [2.05, 4.69) is 0 Å². The SMILES string of the molecule is O=[N+]([O-])c1ccc(C(O)/C(=C/c2ccccc2)CCOCc2ccccc2)cc1. The summed E-state index contributed by atoms with van der Waals surface area (Å²) in [6, 6.07) is 25.7. The first kappa shape index (κ1) is 20.5. The van der Waals surface area contributed by atoms with Crippen LogP contribution in [0.15, 0.2) is 90.5 Å². The molecule has 0 heterocycles. The van der Waals surface area contributed by atoms with Crippen molar-refractivity contribution in [2.75, 3.05) is 6.61 Å². The summed E-state index contributed by atoms with van der Waals surface area (Å²) in [5.41, 5.74) is 3.48. The zero-order valence-corrected chi connectivity index (χ0v) is 16.0. The highest BCUT2D eigenvalue weighted by molar-refractivity contribution is 5.55. The summed E-state index contributed by atoms with van der Waals surface area (Å²) in [6.07, 6.45) is 1.62. The van der Waals surface area contributed by atoms with Crippen LogP contribution in [0.2, 0.25) is 0 Å². The smallest absolute Gasteiger partial charge is 0.269 e. The van der Waals surface area contributed by atoms with Crippen molar-refractivity contribution in [2.45, 2.75) is 19.1 Å². The summed E-state index contributed by atoms with van der Waals surface area (Å²) in [5, 5.41) is 21.8. The van der Waals surface area contributed by atoms with Gasteiger partial charge in [0.2, 0.25) is 0 Å². The largest absolute Gasteiger partial charge is 0.384 e. The molecule has 1 N–H and O–H groups in total. The third-order valence-corrected chi connectivity index (χ3v) is 4.57. The number of non-ortho nitro benzene ring substituents is 1. The summed E-state index contributed by atoms with van der Waals surface area (Å²) in [7, 11) is 0. The van der Waals surface area contributed by atoms with Crippen LogP contribution in [0.1, 0.15) is 29.2 Å². The minimum absolute atomic E-state index is 0.000679. The van der Waals surface area contributed by atoms with E-state index in [4.69, 9.17) is 4.74 Å². The van der Waals surface area contributed by atoms with Crippen molar-refractivity contribution in [3.63, 3.8) is 0 Å². The van der Waals surface area contributed by atoms with E-state index in [9.17, 15) is 15.2 Å².